The first-order valence-electron chi connectivity index (χ1n) is 11.4. The zero-order chi connectivity index (χ0) is 22.0. The summed E-state index contributed by atoms with van der Waals surface area (Å²) >= 11 is 1.49. The van der Waals surface area contributed by atoms with Crippen molar-refractivity contribution in [2.45, 2.75) is 76.2 Å². The van der Waals surface area contributed by atoms with E-state index >= 15 is 0 Å². The number of amides is 1. The van der Waals surface area contributed by atoms with Crippen LogP contribution in [-0.4, -0.2) is 58.1 Å². The number of aryl methyl sites for hydroxylation is 1. The number of nitrogens with zero attached hydrogens (tertiary/aromatic N) is 3. The Morgan fingerprint density at radius 2 is 1.94 bits per heavy atom. The van der Waals surface area contributed by atoms with Crippen LogP contribution in [0.15, 0.2) is 29.4 Å². The average Bonchev–Trinajstić information content (AvgIpc) is 3.44. The Labute approximate surface area is 189 Å². The molecule has 8 heteroatoms. The molecule has 2 fully saturated rings. The predicted octanol–water partition coefficient (Wildman–Crippen LogP) is 4.13. The van der Waals surface area contributed by atoms with Crippen LogP contribution in [0.2, 0.25) is 0 Å². The number of aromatic nitrogens is 2. The molecule has 1 amide bonds. The summed E-state index contributed by atoms with van der Waals surface area (Å²) in [5.41, 5.74) is 2.06. The van der Waals surface area contributed by atoms with Gasteiger partial charge in [-0.2, -0.15) is 0 Å². The van der Waals surface area contributed by atoms with Gasteiger partial charge >= 0.3 is 0 Å². The van der Waals surface area contributed by atoms with Crippen molar-refractivity contribution in [3.63, 3.8) is 0 Å². The van der Waals surface area contributed by atoms with Gasteiger partial charge in [-0.15, -0.1) is 0 Å². The minimum atomic E-state index is -3.03. The fraction of sp³-hybridized carbons (Fsp3) is 0.652. The number of hydrogen-bond donors (Lipinski definition) is 0. The van der Waals surface area contributed by atoms with Gasteiger partial charge < -0.3 is 9.47 Å². The van der Waals surface area contributed by atoms with Gasteiger partial charge in [0.2, 0.25) is 5.91 Å². The first kappa shape index (κ1) is 22.6. The molecule has 31 heavy (non-hydrogen) atoms. The molecule has 1 saturated heterocycles. The van der Waals surface area contributed by atoms with E-state index in [0.717, 1.165) is 54.8 Å². The number of fused-ring (bicyclic) bond motifs is 1. The number of sulfone groups is 1. The second-order valence-electron chi connectivity index (χ2n) is 9.30. The molecule has 1 aromatic heterocycles. The zero-order valence-corrected chi connectivity index (χ0v) is 20.1. The molecule has 1 aliphatic carbocycles. The van der Waals surface area contributed by atoms with Crippen molar-refractivity contribution in [2.24, 2.45) is 5.92 Å². The van der Waals surface area contributed by atoms with Gasteiger partial charge in [-0.25, -0.2) is 13.4 Å². The molecular formula is C23H33N3O3S2. The molecule has 1 atom stereocenters. The first-order chi connectivity index (χ1) is 14.8. The van der Waals surface area contributed by atoms with Crippen LogP contribution in [0.4, 0.5) is 0 Å². The normalized spacial score (nSPS) is 21.3. The van der Waals surface area contributed by atoms with Crippen molar-refractivity contribution in [3.8, 4) is 0 Å². The lowest BCUT2D eigenvalue weighted by molar-refractivity contribution is -0.132. The van der Waals surface area contributed by atoms with Crippen molar-refractivity contribution in [2.75, 3.05) is 17.3 Å². The maximum absolute atomic E-state index is 13.4. The minimum absolute atomic E-state index is 0.0569. The van der Waals surface area contributed by atoms with Crippen LogP contribution in [0.5, 0.6) is 0 Å². The van der Waals surface area contributed by atoms with Gasteiger partial charge in [-0.3, -0.25) is 4.79 Å². The summed E-state index contributed by atoms with van der Waals surface area (Å²) < 4.78 is 26.4. The zero-order valence-electron chi connectivity index (χ0n) is 18.5. The number of rotatable bonds is 8. The second-order valence-corrected chi connectivity index (χ2v) is 12.5. The predicted molar refractivity (Wildman–Crippen MR) is 126 cm³/mol. The summed E-state index contributed by atoms with van der Waals surface area (Å²) in [6.45, 7) is 5.30. The van der Waals surface area contributed by atoms with E-state index in [-0.39, 0.29) is 29.5 Å². The van der Waals surface area contributed by atoms with Crippen LogP contribution in [0.3, 0.4) is 0 Å². The van der Waals surface area contributed by atoms with Crippen LogP contribution < -0.4 is 0 Å². The molecule has 4 rings (SSSR count). The molecule has 1 aliphatic heterocycles. The third-order valence-electron chi connectivity index (χ3n) is 6.48. The van der Waals surface area contributed by atoms with E-state index in [1.165, 1.54) is 11.8 Å². The van der Waals surface area contributed by atoms with Crippen LogP contribution in [0.1, 0.15) is 52.4 Å². The number of benzene rings is 1. The summed E-state index contributed by atoms with van der Waals surface area (Å²) in [7, 11) is -3.03. The van der Waals surface area contributed by atoms with Crippen LogP contribution in [0, 0.1) is 5.92 Å². The third kappa shape index (κ3) is 5.28. The molecule has 2 heterocycles. The van der Waals surface area contributed by atoms with Crippen molar-refractivity contribution in [3.05, 3.63) is 24.3 Å². The molecule has 6 nitrogen and oxygen atoms in total. The number of carbonyl (C=O) groups excluding carboxylic acids is 1. The van der Waals surface area contributed by atoms with E-state index in [0.29, 0.717) is 18.1 Å². The summed E-state index contributed by atoms with van der Waals surface area (Å²) in [4.78, 5) is 20.1. The number of imidazole rings is 1. The van der Waals surface area contributed by atoms with Crippen LogP contribution >= 0.6 is 11.8 Å². The average molecular weight is 464 g/mol. The number of hydrogen-bond acceptors (Lipinski definition) is 5. The van der Waals surface area contributed by atoms with Gasteiger partial charge in [0.25, 0.3) is 0 Å². The smallest absolute Gasteiger partial charge is 0.233 e. The van der Waals surface area contributed by atoms with Gasteiger partial charge in [0.15, 0.2) is 15.0 Å². The van der Waals surface area contributed by atoms with Crippen molar-refractivity contribution in [1.82, 2.24) is 14.5 Å². The number of para-hydroxylation sites is 2. The fourth-order valence-corrected chi connectivity index (χ4v) is 7.47. The lowest BCUT2D eigenvalue weighted by Crippen LogP contribution is -2.47. The Kier molecular flexibility index (Phi) is 6.96. The van der Waals surface area contributed by atoms with E-state index in [4.69, 9.17) is 4.98 Å². The molecule has 2 aromatic rings. The summed E-state index contributed by atoms with van der Waals surface area (Å²) in [5, 5.41) is 0.876. The second kappa shape index (κ2) is 9.53. The molecule has 0 spiro atoms. The Balaban J connectivity index is 1.52. The Hall–Kier alpha value is -1.54. The molecule has 0 unspecified atom stereocenters. The largest absolute Gasteiger partial charge is 0.335 e. The molecular weight excluding hydrogens is 430 g/mol. The SMILES string of the molecule is CC(C)CCn1c(SCC(=O)N(C2CCCC2)[C@H]2CCS(=O)(=O)C2)nc2ccccc21. The van der Waals surface area contributed by atoms with Gasteiger partial charge in [0, 0.05) is 18.6 Å². The highest BCUT2D eigenvalue weighted by atomic mass is 32.2. The van der Waals surface area contributed by atoms with Gasteiger partial charge in [-0.05, 0) is 43.7 Å². The van der Waals surface area contributed by atoms with E-state index < -0.39 is 9.84 Å². The Morgan fingerprint density at radius 3 is 2.61 bits per heavy atom. The number of thioether (sulfide) groups is 1. The van der Waals surface area contributed by atoms with Gasteiger partial charge in [0.05, 0.1) is 28.3 Å². The minimum Gasteiger partial charge on any atom is -0.335 e. The monoisotopic (exact) mass is 463 g/mol. The molecule has 0 bridgehead atoms. The molecule has 1 saturated carbocycles. The molecule has 1 aromatic carbocycles. The Bertz CT molecular complexity index is 1030. The maximum Gasteiger partial charge on any atom is 0.233 e. The maximum atomic E-state index is 13.4. The molecule has 2 aliphatic rings. The van der Waals surface area contributed by atoms with E-state index in [1.54, 1.807) is 0 Å². The van der Waals surface area contributed by atoms with Gasteiger partial charge in [0.1, 0.15) is 0 Å². The quantitative estimate of drug-likeness (QED) is 0.551. The highest BCUT2D eigenvalue weighted by Gasteiger charge is 2.39. The van der Waals surface area contributed by atoms with E-state index in [9.17, 15) is 13.2 Å². The number of carbonyl (C=O) groups is 1. The third-order valence-corrected chi connectivity index (χ3v) is 9.19. The molecule has 0 N–H and O–H groups in total. The molecule has 170 valence electrons. The highest BCUT2D eigenvalue weighted by Crippen LogP contribution is 2.31. The van der Waals surface area contributed by atoms with Crippen molar-refractivity contribution in [1.29, 1.82) is 0 Å². The fourth-order valence-electron chi connectivity index (χ4n) is 4.85. The van der Waals surface area contributed by atoms with Gasteiger partial charge in [-0.1, -0.05) is 50.6 Å². The first-order valence-corrected chi connectivity index (χ1v) is 14.2. The van der Waals surface area contributed by atoms with Crippen LogP contribution in [0.25, 0.3) is 11.0 Å². The van der Waals surface area contributed by atoms with Crippen LogP contribution in [-0.2, 0) is 21.2 Å². The summed E-state index contributed by atoms with van der Waals surface area (Å²) in [5.74, 6) is 1.27. The van der Waals surface area contributed by atoms with E-state index in [1.807, 2.05) is 23.1 Å². The van der Waals surface area contributed by atoms with Crippen molar-refractivity contribution < 1.29 is 13.2 Å². The summed E-state index contributed by atoms with van der Waals surface area (Å²) in [6, 6.07) is 8.14. The van der Waals surface area contributed by atoms with E-state index in [2.05, 4.69) is 24.5 Å². The summed E-state index contributed by atoms with van der Waals surface area (Å²) in [6.07, 6.45) is 5.83. The standard InChI is InChI=1S/C23H33N3O3S2/c1-17(2)11-13-25-21-10-6-5-9-20(21)24-23(25)30-15-22(27)26(18-7-3-4-8-18)19-12-14-31(28,29)16-19/h5-6,9-10,17-19H,3-4,7-8,11-16H2,1-2H3/t19-/m0/s1. The topological polar surface area (TPSA) is 72.3 Å². The Morgan fingerprint density at radius 1 is 1.19 bits per heavy atom. The lowest BCUT2D eigenvalue weighted by Gasteiger charge is -2.34. The highest BCUT2D eigenvalue weighted by molar-refractivity contribution is 7.99. The lowest BCUT2D eigenvalue weighted by atomic mass is 10.1. The van der Waals surface area contributed by atoms with Crippen molar-refractivity contribution >= 4 is 38.5 Å². The molecule has 0 radical (unpaired) electrons.